The van der Waals surface area contributed by atoms with Crippen molar-refractivity contribution in [3.63, 3.8) is 0 Å². The molecule has 1 aromatic heterocycles. The zero-order valence-electron chi connectivity index (χ0n) is 11.0. The van der Waals surface area contributed by atoms with Crippen LogP contribution in [0.5, 0.6) is 0 Å². The maximum absolute atomic E-state index is 12.3. The van der Waals surface area contributed by atoms with Crippen LogP contribution in [0.15, 0.2) is 54.7 Å². The number of amides is 1. The Morgan fingerprint density at radius 2 is 2.00 bits per heavy atom. The summed E-state index contributed by atoms with van der Waals surface area (Å²) in [5.74, 6) is -0.229. The van der Waals surface area contributed by atoms with Crippen LogP contribution in [0, 0.1) is 0 Å². The van der Waals surface area contributed by atoms with Crippen LogP contribution in [0.1, 0.15) is 10.4 Å². The molecule has 0 radical (unpaired) electrons. The lowest BCUT2D eigenvalue weighted by molar-refractivity contribution is 0.102. The maximum atomic E-state index is 12.3. The van der Waals surface area contributed by atoms with Gasteiger partial charge < -0.3 is 11.1 Å². The van der Waals surface area contributed by atoms with Crippen molar-refractivity contribution in [3.05, 3.63) is 65.3 Å². The van der Waals surface area contributed by atoms with Crippen LogP contribution < -0.4 is 11.1 Å². The summed E-state index contributed by atoms with van der Waals surface area (Å²) < 4.78 is 0. The van der Waals surface area contributed by atoms with Gasteiger partial charge in [0.15, 0.2) is 0 Å². The predicted molar refractivity (Wildman–Crippen MR) is 85.6 cm³/mol. The highest BCUT2D eigenvalue weighted by Crippen LogP contribution is 2.25. The van der Waals surface area contributed by atoms with Crippen molar-refractivity contribution in [2.24, 2.45) is 0 Å². The smallest absolute Gasteiger partial charge is 0.255 e. The average Bonchev–Trinajstić information content (AvgIpc) is 2.49. The van der Waals surface area contributed by atoms with E-state index >= 15 is 0 Å². The van der Waals surface area contributed by atoms with Gasteiger partial charge in [0.25, 0.3) is 5.91 Å². The van der Waals surface area contributed by atoms with Gasteiger partial charge in [-0.2, -0.15) is 0 Å². The van der Waals surface area contributed by atoms with E-state index in [0.717, 1.165) is 10.9 Å². The van der Waals surface area contributed by atoms with E-state index < -0.39 is 0 Å². The Balaban J connectivity index is 1.89. The number of carbonyl (C=O) groups excluding carboxylic acids is 1. The molecule has 4 nitrogen and oxygen atoms in total. The standard InChI is InChI=1S/C16H12ClN3O/c17-13-9-12(18)4-6-15(13)20-16(21)11-3-5-14-10(8-11)2-1-7-19-14/h1-9H,18H2,(H,20,21). The van der Waals surface area contributed by atoms with E-state index in [2.05, 4.69) is 10.3 Å². The molecule has 0 unspecified atom stereocenters. The third-order valence-corrected chi connectivity index (χ3v) is 3.42. The van der Waals surface area contributed by atoms with Gasteiger partial charge in [0.1, 0.15) is 0 Å². The van der Waals surface area contributed by atoms with Gasteiger partial charge in [-0.3, -0.25) is 9.78 Å². The van der Waals surface area contributed by atoms with E-state index in [9.17, 15) is 4.79 Å². The molecule has 0 bridgehead atoms. The fourth-order valence-electron chi connectivity index (χ4n) is 2.04. The van der Waals surface area contributed by atoms with E-state index in [1.54, 1.807) is 36.5 Å². The molecule has 0 aliphatic rings. The molecule has 0 aliphatic carbocycles. The van der Waals surface area contributed by atoms with Gasteiger partial charge in [0.2, 0.25) is 0 Å². The molecule has 1 amide bonds. The van der Waals surface area contributed by atoms with Crippen molar-refractivity contribution in [2.45, 2.75) is 0 Å². The molecule has 0 atom stereocenters. The number of nitrogens with one attached hydrogen (secondary N) is 1. The normalized spacial score (nSPS) is 10.5. The van der Waals surface area contributed by atoms with Gasteiger partial charge in [-0.1, -0.05) is 17.7 Å². The lowest BCUT2D eigenvalue weighted by atomic mass is 10.1. The van der Waals surface area contributed by atoms with Crippen LogP contribution in [0.4, 0.5) is 11.4 Å². The molecule has 3 rings (SSSR count). The number of hydrogen-bond donors (Lipinski definition) is 2. The van der Waals surface area contributed by atoms with Crippen LogP contribution in [0.2, 0.25) is 5.02 Å². The second-order valence-electron chi connectivity index (χ2n) is 4.60. The van der Waals surface area contributed by atoms with Crippen molar-refractivity contribution in [1.29, 1.82) is 0 Å². The minimum Gasteiger partial charge on any atom is -0.399 e. The number of hydrogen-bond acceptors (Lipinski definition) is 3. The Hall–Kier alpha value is -2.59. The Kier molecular flexibility index (Phi) is 3.46. The van der Waals surface area contributed by atoms with E-state index in [1.165, 1.54) is 0 Å². The molecule has 0 aliphatic heterocycles. The monoisotopic (exact) mass is 297 g/mol. The number of benzene rings is 2. The highest BCUT2D eigenvalue weighted by atomic mass is 35.5. The van der Waals surface area contributed by atoms with Gasteiger partial charge in [0.05, 0.1) is 16.2 Å². The predicted octanol–water partition coefficient (Wildman–Crippen LogP) is 3.72. The fraction of sp³-hybridized carbons (Fsp3) is 0. The number of nitrogen functional groups attached to an aromatic ring is 1. The third-order valence-electron chi connectivity index (χ3n) is 3.11. The van der Waals surface area contributed by atoms with E-state index in [4.69, 9.17) is 17.3 Å². The maximum Gasteiger partial charge on any atom is 0.255 e. The first-order chi connectivity index (χ1) is 10.1. The first-order valence-corrected chi connectivity index (χ1v) is 6.72. The first-order valence-electron chi connectivity index (χ1n) is 6.34. The fourth-order valence-corrected chi connectivity index (χ4v) is 2.28. The zero-order chi connectivity index (χ0) is 14.8. The quantitative estimate of drug-likeness (QED) is 0.708. The summed E-state index contributed by atoms with van der Waals surface area (Å²) in [6.07, 6.45) is 1.72. The molecule has 0 fully saturated rings. The van der Waals surface area contributed by atoms with Gasteiger partial charge >= 0.3 is 0 Å². The van der Waals surface area contributed by atoms with Crippen molar-refractivity contribution < 1.29 is 4.79 Å². The number of carbonyl (C=O) groups is 1. The Morgan fingerprint density at radius 3 is 2.81 bits per heavy atom. The van der Waals surface area contributed by atoms with Crippen LogP contribution in [0.25, 0.3) is 10.9 Å². The largest absolute Gasteiger partial charge is 0.399 e. The number of anilines is 2. The second-order valence-corrected chi connectivity index (χ2v) is 5.01. The second kappa shape index (κ2) is 5.42. The van der Waals surface area contributed by atoms with Crippen molar-refractivity contribution in [1.82, 2.24) is 4.98 Å². The molecule has 0 saturated carbocycles. The first kappa shape index (κ1) is 13.4. The summed E-state index contributed by atoms with van der Waals surface area (Å²) in [5, 5.41) is 4.09. The highest BCUT2D eigenvalue weighted by molar-refractivity contribution is 6.34. The molecular formula is C16H12ClN3O. The Labute approximate surface area is 126 Å². The van der Waals surface area contributed by atoms with Crippen molar-refractivity contribution in [2.75, 3.05) is 11.1 Å². The van der Waals surface area contributed by atoms with E-state index in [0.29, 0.717) is 22.0 Å². The number of nitrogens with zero attached hydrogens (tertiary/aromatic N) is 1. The van der Waals surface area contributed by atoms with Crippen molar-refractivity contribution in [3.8, 4) is 0 Å². The minimum atomic E-state index is -0.229. The number of rotatable bonds is 2. The molecular weight excluding hydrogens is 286 g/mol. The van der Waals surface area contributed by atoms with E-state index in [-0.39, 0.29) is 5.91 Å². The van der Waals surface area contributed by atoms with Gasteiger partial charge in [-0.25, -0.2) is 0 Å². The molecule has 0 saturated heterocycles. The number of nitrogens with two attached hydrogens (primary N) is 1. The van der Waals surface area contributed by atoms with Gasteiger partial charge in [-0.15, -0.1) is 0 Å². The minimum absolute atomic E-state index is 0.229. The number of halogens is 1. The van der Waals surface area contributed by atoms with E-state index in [1.807, 2.05) is 18.2 Å². The zero-order valence-corrected chi connectivity index (χ0v) is 11.8. The Morgan fingerprint density at radius 1 is 1.14 bits per heavy atom. The molecule has 2 aromatic carbocycles. The molecule has 21 heavy (non-hydrogen) atoms. The van der Waals surface area contributed by atoms with Gasteiger partial charge in [0, 0.05) is 22.8 Å². The number of fused-ring (bicyclic) bond motifs is 1. The molecule has 3 N–H and O–H groups in total. The summed E-state index contributed by atoms with van der Waals surface area (Å²) in [5.41, 5.74) is 8.10. The summed E-state index contributed by atoms with van der Waals surface area (Å²) in [6.45, 7) is 0. The van der Waals surface area contributed by atoms with Crippen LogP contribution >= 0.6 is 11.6 Å². The number of aromatic nitrogens is 1. The molecule has 5 heteroatoms. The summed E-state index contributed by atoms with van der Waals surface area (Å²) >= 11 is 6.05. The van der Waals surface area contributed by atoms with Crippen LogP contribution in [-0.2, 0) is 0 Å². The van der Waals surface area contributed by atoms with Crippen LogP contribution in [-0.4, -0.2) is 10.9 Å². The lowest BCUT2D eigenvalue weighted by Crippen LogP contribution is -2.12. The van der Waals surface area contributed by atoms with Gasteiger partial charge in [-0.05, 0) is 42.5 Å². The highest BCUT2D eigenvalue weighted by Gasteiger charge is 2.09. The Bertz CT molecular complexity index is 833. The third kappa shape index (κ3) is 2.80. The molecule has 0 spiro atoms. The summed E-state index contributed by atoms with van der Waals surface area (Å²) in [4.78, 5) is 16.5. The SMILES string of the molecule is Nc1ccc(NC(=O)c2ccc3ncccc3c2)c(Cl)c1. The molecule has 1 heterocycles. The topological polar surface area (TPSA) is 68.0 Å². The summed E-state index contributed by atoms with van der Waals surface area (Å²) in [7, 11) is 0. The molecule has 3 aromatic rings. The molecule has 104 valence electrons. The number of pyridine rings is 1. The van der Waals surface area contributed by atoms with Crippen molar-refractivity contribution >= 4 is 39.8 Å². The lowest BCUT2D eigenvalue weighted by Gasteiger charge is -2.08. The average molecular weight is 298 g/mol. The van der Waals surface area contributed by atoms with Crippen LogP contribution in [0.3, 0.4) is 0 Å². The summed E-state index contributed by atoms with van der Waals surface area (Å²) in [6, 6.07) is 14.1.